The van der Waals surface area contributed by atoms with Crippen LogP contribution in [0, 0.1) is 5.82 Å². The fourth-order valence-corrected chi connectivity index (χ4v) is 4.22. The van der Waals surface area contributed by atoms with Crippen LogP contribution in [0.3, 0.4) is 0 Å². The maximum Gasteiger partial charge on any atom is 0.252 e. The Hall–Kier alpha value is -3.85. The molecular formula is C23H18ClFN6O2. The highest BCUT2D eigenvalue weighted by atomic mass is 35.5. The number of hydrogen-bond acceptors (Lipinski definition) is 5. The zero-order valence-electron chi connectivity index (χ0n) is 17.3. The second-order valence-corrected chi connectivity index (χ2v) is 8.17. The summed E-state index contributed by atoms with van der Waals surface area (Å²) >= 11 is 5.91. The molecule has 0 saturated heterocycles. The summed E-state index contributed by atoms with van der Waals surface area (Å²) in [6.45, 7) is 1.02. The van der Waals surface area contributed by atoms with Crippen LogP contribution in [-0.4, -0.2) is 43.0 Å². The molecule has 0 atom stereocenters. The van der Waals surface area contributed by atoms with Gasteiger partial charge in [-0.15, -0.1) is 0 Å². The van der Waals surface area contributed by atoms with Gasteiger partial charge in [0.2, 0.25) is 5.91 Å². The van der Waals surface area contributed by atoms with E-state index in [1.807, 2.05) is 18.2 Å². The van der Waals surface area contributed by atoms with Crippen molar-refractivity contribution in [3.8, 4) is 11.3 Å². The highest BCUT2D eigenvalue weighted by Gasteiger charge is 2.29. The minimum Gasteiger partial charge on any atom is -0.365 e. The molecule has 0 spiro atoms. The van der Waals surface area contributed by atoms with E-state index in [1.165, 1.54) is 18.2 Å². The molecule has 0 unspecified atom stereocenters. The molecule has 0 fully saturated rings. The van der Waals surface area contributed by atoms with E-state index in [9.17, 15) is 14.0 Å². The lowest BCUT2D eigenvalue weighted by molar-refractivity contribution is -0.132. The number of amides is 2. The van der Waals surface area contributed by atoms with Gasteiger partial charge in [-0.3, -0.25) is 24.2 Å². The average Bonchev–Trinajstić information content (AvgIpc) is 3.20. The molecule has 0 bridgehead atoms. The molecule has 2 aromatic heterocycles. The number of nitrogens with zero attached hydrogens (tertiary/aromatic N) is 5. The lowest BCUT2D eigenvalue weighted by atomic mass is 10.0. The van der Waals surface area contributed by atoms with Gasteiger partial charge >= 0.3 is 0 Å². The van der Waals surface area contributed by atoms with Gasteiger partial charge in [0, 0.05) is 24.5 Å². The number of aromatic nitrogens is 4. The molecule has 1 aliphatic rings. The van der Waals surface area contributed by atoms with Gasteiger partial charge in [-0.2, -0.15) is 5.10 Å². The standard InChI is InChI=1S/C23H18ClFN6O2/c24-15-11-14(2-3-16(15)25)22-21(23(26)33)19-12-30(7-8-31(19)29-22)20(32)10-13-1-4-17-18(9-13)28-6-5-27-17/h1-6,9,11H,7-8,10,12H2,(H2,26,33). The van der Waals surface area contributed by atoms with Crippen LogP contribution in [0.5, 0.6) is 0 Å². The van der Waals surface area contributed by atoms with Crippen LogP contribution < -0.4 is 5.73 Å². The highest BCUT2D eigenvalue weighted by Crippen LogP contribution is 2.30. The fourth-order valence-electron chi connectivity index (χ4n) is 4.04. The van der Waals surface area contributed by atoms with E-state index in [0.717, 1.165) is 16.6 Å². The number of carbonyl (C=O) groups is 2. The molecule has 2 aromatic carbocycles. The largest absolute Gasteiger partial charge is 0.365 e. The molecule has 10 heteroatoms. The van der Waals surface area contributed by atoms with Gasteiger partial charge < -0.3 is 10.6 Å². The quantitative estimate of drug-likeness (QED) is 0.499. The third-order valence-electron chi connectivity index (χ3n) is 5.66. The Morgan fingerprint density at radius 3 is 2.61 bits per heavy atom. The normalized spacial score (nSPS) is 13.2. The lowest BCUT2D eigenvalue weighted by Gasteiger charge is -2.28. The first-order chi connectivity index (χ1) is 15.9. The SMILES string of the molecule is NC(=O)c1c(-c2ccc(F)c(Cl)c2)nn2c1CN(C(=O)Cc1ccc3nccnc3c1)CC2. The monoisotopic (exact) mass is 464 g/mol. The van der Waals surface area contributed by atoms with Crippen molar-refractivity contribution in [2.75, 3.05) is 6.54 Å². The van der Waals surface area contributed by atoms with E-state index < -0.39 is 11.7 Å². The first-order valence-corrected chi connectivity index (χ1v) is 10.6. The number of primary amides is 1. The van der Waals surface area contributed by atoms with Gasteiger partial charge in [0.1, 0.15) is 11.5 Å². The highest BCUT2D eigenvalue weighted by molar-refractivity contribution is 6.31. The number of nitrogens with two attached hydrogens (primary N) is 1. The van der Waals surface area contributed by atoms with Crippen molar-refractivity contribution in [2.24, 2.45) is 5.73 Å². The van der Waals surface area contributed by atoms with Crippen molar-refractivity contribution in [1.82, 2.24) is 24.6 Å². The van der Waals surface area contributed by atoms with Gasteiger partial charge in [0.05, 0.1) is 46.8 Å². The summed E-state index contributed by atoms with van der Waals surface area (Å²) in [4.78, 5) is 35.6. The topological polar surface area (TPSA) is 107 Å². The van der Waals surface area contributed by atoms with Crippen molar-refractivity contribution >= 4 is 34.4 Å². The molecule has 1 aliphatic heterocycles. The molecular weight excluding hydrogens is 447 g/mol. The molecule has 8 nitrogen and oxygen atoms in total. The smallest absolute Gasteiger partial charge is 0.252 e. The van der Waals surface area contributed by atoms with E-state index in [4.69, 9.17) is 17.3 Å². The maximum atomic E-state index is 13.6. The number of benzene rings is 2. The van der Waals surface area contributed by atoms with Gasteiger partial charge in [-0.1, -0.05) is 17.7 Å². The Kier molecular flexibility index (Phi) is 5.26. The van der Waals surface area contributed by atoms with Gasteiger partial charge in [-0.05, 0) is 35.9 Å². The second kappa shape index (κ2) is 8.25. The predicted molar refractivity (Wildman–Crippen MR) is 120 cm³/mol. The van der Waals surface area contributed by atoms with Crippen molar-refractivity contribution in [1.29, 1.82) is 0 Å². The first kappa shape index (κ1) is 21.0. The molecule has 3 heterocycles. The van der Waals surface area contributed by atoms with Crippen molar-refractivity contribution < 1.29 is 14.0 Å². The molecule has 0 aliphatic carbocycles. The van der Waals surface area contributed by atoms with Crippen LogP contribution in [0.1, 0.15) is 21.6 Å². The number of fused-ring (bicyclic) bond motifs is 2. The number of halogens is 2. The number of rotatable bonds is 4. The Labute approximate surface area is 192 Å². The predicted octanol–water partition coefficient (Wildman–Crippen LogP) is 2.97. The van der Waals surface area contributed by atoms with E-state index in [1.54, 1.807) is 22.0 Å². The lowest BCUT2D eigenvalue weighted by Crippen LogP contribution is -2.40. The summed E-state index contributed by atoms with van der Waals surface area (Å²) in [6, 6.07) is 9.65. The maximum absolute atomic E-state index is 13.6. The Balaban J connectivity index is 1.42. The number of carbonyl (C=O) groups excluding carboxylic acids is 2. The Bertz CT molecular complexity index is 1420. The van der Waals surface area contributed by atoms with Crippen molar-refractivity contribution in [3.05, 3.63) is 76.5 Å². The van der Waals surface area contributed by atoms with Crippen LogP contribution in [0.15, 0.2) is 48.8 Å². The molecule has 33 heavy (non-hydrogen) atoms. The summed E-state index contributed by atoms with van der Waals surface area (Å²) < 4.78 is 15.3. The number of hydrogen-bond donors (Lipinski definition) is 1. The van der Waals surface area contributed by atoms with Crippen LogP contribution in [-0.2, 0) is 24.3 Å². The summed E-state index contributed by atoms with van der Waals surface area (Å²) in [6.07, 6.45) is 3.42. The third kappa shape index (κ3) is 3.91. The third-order valence-corrected chi connectivity index (χ3v) is 5.95. The minimum atomic E-state index is -0.672. The van der Waals surface area contributed by atoms with Crippen LogP contribution in [0.4, 0.5) is 4.39 Å². The first-order valence-electron chi connectivity index (χ1n) is 10.2. The zero-order valence-corrected chi connectivity index (χ0v) is 18.1. The van der Waals surface area contributed by atoms with E-state index >= 15 is 0 Å². The minimum absolute atomic E-state index is 0.0780. The van der Waals surface area contributed by atoms with Crippen LogP contribution >= 0.6 is 11.6 Å². The van der Waals surface area contributed by atoms with Crippen LogP contribution in [0.25, 0.3) is 22.3 Å². The summed E-state index contributed by atoms with van der Waals surface area (Å²) in [7, 11) is 0. The van der Waals surface area contributed by atoms with E-state index in [-0.39, 0.29) is 29.5 Å². The molecule has 0 radical (unpaired) electrons. The molecule has 0 saturated carbocycles. The average molecular weight is 465 g/mol. The van der Waals surface area contributed by atoms with Crippen LogP contribution in [0.2, 0.25) is 5.02 Å². The molecule has 4 aromatic rings. The van der Waals surface area contributed by atoms with Gasteiger partial charge in [-0.25, -0.2) is 4.39 Å². The van der Waals surface area contributed by atoms with Gasteiger partial charge in [0.15, 0.2) is 0 Å². The van der Waals surface area contributed by atoms with Crippen molar-refractivity contribution in [2.45, 2.75) is 19.5 Å². The fraction of sp³-hybridized carbons (Fsp3) is 0.174. The Morgan fingerprint density at radius 1 is 1.06 bits per heavy atom. The second-order valence-electron chi connectivity index (χ2n) is 7.76. The van der Waals surface area contributed by atoms with Gasteiger partial charge in [0.25, 0.3) is 5.91 Å². The summed E-state index contributed by atoms with van der Waals surface area (Å²) in [5.41, 5.74) is 9.52. The molecule has 166 valence electrons. The van der Waals surface area contributed by atoms with E-state index in [0.29, 0.717) is 30.0 Å². The molecule has 2 N–H and O–H groups in total. The Morgan fingerprint density at radius 2 is 1.85 bits per heavy atom. The van der Waals surface area contributed by atoms with E-state index in [2.05, 4.69) is 15.1 Å². The molecule has 5 rings (SSSR count). The van der Waals surface area contributed by atoms with Crippen molar-refractivity contribution in [3.63, 3.8) is 0 Å². The zero-order chi connectivity index (χ0) is 23.1. The summed E-state index contributed by atoms with van der Waals surface area (Å²) in [5.74, 6) is -1.33. The molecule has 2 amide bonds. The summed E-state index contributed by atoms with van der Waals surface area (Å²) in [5, 5.41) is 4.43.